The smallest absolute Gasteiger partial charge is 0.340 e. The van der Waals surface area contributed by atoms with Crippen molar-refractivity contribution in [3.8, 4) is 11.5 Å². The summed E-state index contributed by atoms with van der Waals surface area (Å²) in [5.74, 6) is -0.435. The highest BCUT2D eigenvalue weighted by atomic mass is 16.5. The van der Waals surface area contributed by atoms with Crippen LogP contribution in [0.5, 0.6) is 11.5 Å². The fourth-order valence-corrected chi connectivity index (χ4v) is 2.27. The molecule has 0 fully saturated rings. The summed E-state index contributed by atoms with van der Waals surface area (Å²) in [6, 6.07) is 4.35. The first-order valence-corrected chi connectivity index (χ1v) is 9.03. The lowest BCUT2D eigenvalue weighted by molar-refractivity contribution is -0.123. The van der Waals surface area contributed by atoms with Crippen molar-refractivity contribution in [2.75, 3.05) is 31.5 Å². The van der Waals surface area contributed by atoms with Crippen molar-refractivity contribution >= 4 is 29.3 Å². The number of amides is 2. The van der Waals surface area contributed by atoms with Crippen LogP contribution < -0.4 is 20.1 Å². The Bertz CT molecular complexity index is 944. The molecule has 10 heteroatoms. The number of anilines is 2. The third kappa shape index (κ3) is 5.72. The maximum atomic E-state index is 12.6. The molecule has 1 aromatic heterocycles. The van der Waals surface area contributed by atoms with Gasteiger partial charge in [-0.15, -0.1) is 0 Å². The number of hydrogen-bond acceptors (Lipinski definition) is 8. The van der Waals surface area contributed by atoms with E-state index < -0.39 is 23.9 Å². The molecule has 0 saturated heterocycles. The Labute approximate surface area is 173 Å². The van der Waals surface area contributed by atoms with E-state index in [1.165, 1.54) is 32.4 Å². The van der Waals surface area contributed by atoms with Gasteiger partial charge in [-0.3, -0.25) is 9.59 Å². The quantitative estimate of drug-likeness (QED) is 0.656. The Kier molecular flexibility index (Phi) is 7.04. The van der Waals surface area contributed by atoms with E-state index in [9.17, 15) is 14.4 Å². The minimum Gasteiger partial charge on any atom is -0.493 e. The molecule has 2 aromatic rings. The lowest BCUT2D eigenvalue weighted by Gasteiger charge is -2.20. The highest BCUT2D eigenvalue weighted by molar-refractivity contribution is 6.04. The van der Waals surface area contributed by atoms with Crippen molar-refractivity contribution < 1.29 is 33.1 Å². The predicted molar refractivity (Wildman–Crippen MR) is 108 cm³/mol. The fourth-order valence-electron chi connectivity index (χ4n) is 2.27. The zero-order valence-electron chi connectivity index (χ0n) is 17.7. The van der Waals surface area contributed by atoms with Crippen LogP contribution >= 0.6 is 0 Å². The van der Waals surface area contributed by atoms with E-state index >= 15 is 0 Å². The van der Waals surface area contributed by atoms with E-state index in [-0.39, 0.29) is 28.7 Å². The van der Waals surface area contributed by atoms with Crippen LogP contribution in [0.4, 0.5) is 11.5 Å². The van der Waals surface area contributed by atoms with Crippen LogP contribution in [0, 0.1) is 12.3 Å². The van der Waals surface area contributed by atoms with Gasteiger partial charge in [0.25, 0.3) is 5.91 Å². The Morgan fingerprint density at radius 1 is 1.03 bits per heavy atom. The summed E-state index contributed by atoms with van der Waals surface area (Å²) in [5.41, 5.74) is -0.523. The number of carbonyl (C=O) groups is 3. The maximum Gasteiger partial charge on any atom is 0.340 e. The molecular weight excluding hydrogens is 394 g/mol. The summed E-state index contributed by atoms with van der Waals surface area (Å²) in [5, 5.41) is 8.76. The summed E-state index contributed by atoms with van der Waals surface area (Å²) in [6.07, 6.45) is 0. The lowest BCUT2D eigenvalue weighted by atomic mass is 9.95. The zero-order chi connectivity index (χ0) is 22.5. The summed E-state index contributed by atoms with van der Waals surface area (Å²) in [6.45, 7) is 6.31. The second-order valence-corrected chi connectivity index (χ2v) is 7.40. The average Bonchev–Trinajstić information content (AvgIpc) is 3.09. The number of aromatic nitrogens is 1. The Morgan fingerprint density at radius 2 is 1.67 bits per heavy atom. The minimum atomic E-state index is -0.827. The van der Waals surface area contributed by atoms with E-state index in [0.717, 1.165) is 0 Å². The number of nitrogens with one attached hydrogen (secondary N) is 2. The van der Waals surface area contributed by atoms with Gasteiger partial charge in [-0.05, 0) is 6.92 Å². The van der Waals surface area contributed by atoms with Crippen molar-refractivity contribution in [3.05, 3.63) is 29.5 Å². The van der Waals surface area contributed by atoms with Gasteiger partial charge in [0.1, 0.15) is 5.76 Å². The molecule has 0 spiro atoms. The van der Waals surface area contributed by atoms with Gasteiger partial charge >= 0.3 is 5.97 Å². The standard InChI is InChI=1S/C20H25N3O7/c1-11-7-16(23-30-11)22-17(24)10-29-18(25)12-8-14(27-5)15(28-6)9-13(12)21-19(26)20(2,3)4/h7-9H,10H2,1-6H3,(H,21,26)(H,22,23,24). The molecule has 162 valence electrons. The minimum absolute atomic E-state index is 0.00957. The molecule has 0 unspecified atom stereocenters. The topological polar surface area (TPSA) is 129 Å². The Morgan fingerprint density at radius 3 is 2.20 bits per heavy atom. The number of esters is 1. The van der Waals surface area contributed by atoms with Crippen LogP contribution in [0.15, 0.2) is 22.7 Å². The second-order valence-electron chi connectivity index (χ2n) is 7.40. The van der Waals surface area contributed by atoms with E-state index in [1.54, 1.807) is 27.7 Å². The molecule has 0 aliphatic heterocycles. The van der Waals surface area contributed by atoms with Crippen molar-refractivity contribution in [1.29, 1.82) is 0 Å². The van der Waals surface area contributed by atoms with Crippen LogP contribution in [-0.4, -0.2) is 43.8 Å². The molecule has 0 atom stereocenters. The Balaban J connectivity index is 2.20. The summed E-state index contributed by atoms with van der Waals surface area (Å²) in [7, 11) is 2.84. The number of benzene rings is 1. The molecule has 2 N–H and O–H groups in total. The molecule has 0 radical (unpaired) electrons. The maximum absolute atomic E-state index is 12.6. The third-order valence-corrected chi connectivity index (χ3v) is 3.90. The van der Waals surface area contributed by atoms with Gasteiger partial charge in [0.2, 0.25) is 5.91 Å². The van der Waals surface area contributed by atoms with Gasteiger partial charge in [-0.2, -0.15) is 0 Å². The largest absolute Gasteiger partial charge is 0.493 e. The van der Waals surface area contributed by atoms with Crippen LogP contribution in [0.25, 0.3) is 0 Å². The predicted octanol–water partition coefficient (Wildman–Crippen LogP) is 2.78. The first-order valence-electron chi connectivity index (χ1n) is 9.03. The number of carbonyl (C=O) groups excluding carboxylic acids is 3. The van der Waals surface area contributed by atoms with Gasteiger partial charge < -0.3 is 29.4 Å². The first kappa shape index (κ1) is 22.7. The molecule has 1 aromatic carbocycles. The molecule has 0 aliphatic rings. The second kappa shape index (κ2) is 9.29. The summed E-state index contributed by atoms with van der Waals surface area (Å²) >= 11 is 0. The number of nitrogens with zero attached hydrogens (tertiary/aromatic N) is 1. The van der Waals surface area contributed by atoms with Crippen LogP contribution in [-0.2, 0) is 14.3 Å². The fraction of sp³-hybridized carbons (Fsp3) is 0.400. The summed E-state index contributed by atoms with van der Waals surface area (Å²) < 4.78 is 20.4. The van der Waals surface area contributed by atoms with Gasteiger partial charge in [-0.1, -0.05) is 25.9 Å². The number of ether oxygens (including phenoxy) is 3. The lowest BCUT2D eigenvalue weighted by Crippen LogP contribution is -2.29. The van der Waals surface area contributed by atoms with Gasteiger partial charge in [0.05, 0.1) is 25.5 Å². The van der Waals surface area contributed by atoms with Crippen molar-refractivity contribution in [1.82, 2.24) is 5.16 Å². The zero-order valence-corrected chi connectivity index (χ0v) is 17.7. The first-order chi connectivity index (χ1) is 14.0. The molecular formula is C20H25N3O7. The third-order valence-electron chi connectivity index (χ3n) is 3.90. The van der Waals surface area contributed by atoms with Crippen molar-refractivity contribution in [3.63, 3.8) is 0 Å². The number of rotatable bonds is 7. The molecule has 2 rings (SSSR count). The number of hydrogen-bond donors (Lipinski definition) is 2. The number of methoxy groups -OCH3 is 2. The van der Waals surface area contributed by atoms with Gasteiger partial charge in [-0.25, -0.2) is 4.79 Å². The van der Waals surface area contributed by atoms with Crippen LogP contribution in [0.2, 0.25) is 0 Å². The van der Waals surface area contributed by atoms with Gasteiger partial charge in [0, 0.05) is 23.6 Å². The van der Waals surface area contributed by atoms with Crippen molar-refractivity contribution in [2.24, 2.45) is 5.41 Å². The molecule has 0 saturated carbocycles. The van der Waals surface area contributed by atoms with Gasteiger partial charge in [0.15, 0.2) is 23.9 Å². The molecule has 10 nitrogen and oxygen atoms in total. The molecule has 1 heterocycles. The van der Waals surface area contributed by atoms with Crippen LogP contribution in [0.3, 0.4) is 0 Å². The van der Waals surface area contributed by atoms with Crippen molar-refractivity contribution in [2.45, 2.75) is 27.7 Å². The number of aryl methyl sites for hydroxylation is 1. The highest BCUT2D eigenvalue weighted by Gasteiger charge is 2.25. The molecule has 0 aliphatic carbocycles. The molecule has 2 amide bonds. The Hall–Kier alpha value is -3.56. The van der Waals surface area contributed by atoms with E-state index in [4.69, 9.17) is 18.7 Å². The SMILES string of the molecule is COc1cc(NC(=O)C(C)(C)C)c(C(=O)OCC(=O)Nc2cc(C)on2)cc1OC. The highest BCUT2D eigenvalue weighted by Crippen LogP contribution is 2.34. The molecule has 0 bridgehead atoms. The van der Waals surface area contributed by atoms with Crippen LogP contribution in [0.1, 0.15) is 36.9 Å². The monoisotopic (exact) mass is 419 g/mol. The molecule has 30 heavy (non-hydrogen) atoms. The normalized spacial score (nSPS) is 10.9. The van der Waals surface area contributed by atoms with E-state index in [1.807, 2.05) is 0 Å². The van der Waals surface area contributed by atoms with E-state index in [0.29, 0.717) is 11.5 Å². The average molecular weight is 419 g/mol. The summed E-state index contributed by atoms with van der Waals surface area (Å²) in [4.78, 5) is 37.1. The van der Waals surface area contributed by atoms with E-state index in [2.05, 4.69) is 15.8 Å².